The fourth-order valence-corrected chi connectivity index (χ4v) is 11.6. The predicted molar refractivity (Wildman–Crippen MR) is 314 cm³/mol. The molecule has 0 aliphatic carbocycles. The number of fused-ring (bicyclic) bond motifs is 6. The van der Waals surface area contributed by atoms with Crippen molar-refractivity contribution in [3.05, 3.63) is 232 Å². The number of halogens is 24. The normalized spacial score (nSPS) is 13.5. The Kier molecular flexibility index (Phi) is 16.4. The third-order valence-electron chi connectivity index (χ3n) is 15.9. The summed E-state index contributed by atoms with van der Waals surface area (Å²) in [6.07, 6.45) is -39.1. The molecule has 0 saturated heterocycles. The minimum atomic E-state index is -5.38. The van der Waals surface area contributed by atoms with E-state index in [1.807, 2.05) is 6.07 Å². The maximum atomic E-state index is 14.4. The van der Waals surface area contributed by atoms with Gasteiger partial charge in [0.25, 0.3) is 0 Å². The van der Waals surface area contributed by atoms with Crippen LogP contribution in [0.5, 0.6) is 0 Å². The molecule has 0 aliphatic rings. The third-order valence-corrected chi connectivity index (χ3v) is 15.9. The summed E-state index contributed by atoms with van der Waals surface area (Å²) < 4.78 is 348. The van der Waals surface area contributed by atoms with E-state index in [4.69, 9.17) is 0 Å². The van der Waals surface area contributed by atoms with Gasteiger partial charge in [-0.05, 0) is 203 Å². The third kappa shape index (κ3) is 13.1. The molecule has 0 fully saturated rings. The molecule has 2 heterocycles. The number of alkyl halides is 24. The van der Waals surface area contributed by atoms with E-state index in [1.165, 1.54) is 64.6 Å². The maximum Gasteiger partial charge on any atom is 0.416 e. The van der Waals surface area contributed by atoms with E-state index in [9.17, 15) is 111 Å². The number of allylic oxidation sites excluding steroid dienone is 3. The highest BCUT2D eigenvalue weighted by Gasteiger charge is 2.42. The molecule has 0 bridgehead atoms. The molecule has 498 valence electrons. The second-order valence-corrected chi connectivity index (χ2v) is 22.0. The van der Waals surface area contributed by atoms with E-state index in [-0.39, 0.29) is 118 Å². The van der Waals surface area contributed by atoms with Gasteiger partial charge in [-0.1, -0.05) is 30.3 Å². The molecule has 11 rings (SSSR count). The van der Waals surface area contributed by atoms with Crippen LogP contribution in [0.2, 0.25) is 0 Å². The van der Waals surface area contributed by atoms with Gasteiger partial charge < -0.3 is 9.13 Å². The zero-order valence-electron chi connectivity index (χ0n) is 48.3. The molecule has 0 atom stereocenters. The largest absolute Gasteiger partial charge is 0.416 e. The quantitative estimate of drug-likeness (QED) is 0.0807. The van der Waals surface area contributed by atoms with Crippen LogP contribution in [0, 0.1) is 11.3 Å². The summed E-state index contributed by atoms with van der Waals surface area (Å²) in [5, 5.41) is 10.3. The maximum absolute atomic E-state index is 14.4. The van der Waals surface area contributed by atoms with Gasteiger partial charge in [0.05, 0.1) is 89.6 Å². The first-order chi connectivity index (χ1) is 45.0. The fourth-order valence-electron chi connectivity index (χ4n) is 11.6. The van der Waals surface area contributed by atoms with Crippen molar-refractivity contribution < 1.29 is 105 Å². The number of rotatable bonds is 9. The van der Waals surface area contributed by atoms with Crippen molar-refractivity contribution >= 4 is 55.9 Å². The number of aliphatic imine (C=N–C) groups is 1. The molecule has 0 spiro atoms. The van der Waals surface area contributed by atoms with Crippen molar-refractivity contribution in [1.82, 2.24) is 9.13 Å². The standard InChI is InChI=1S/C69H34F24N4/c1-3-34(12-13-95-2)61-59(96-55-8-4-35(39-16-43(62(70,71)72)28-44(17-39)63(73,74)75)24-51(55)52-25-36(5-9-56(52)96)40-18-45(64(76,77)78)29-46(19-40)65(79,80)81)14-33(32-94)15-60(61)97-57-10-6-37(41-20-47(66(82,83)84)30-48(21-41)67(85,86)87)26-53(57)54-27-38(7-11-58(54)97)42-22-49(68(88,89)90)31-50(23-42)69(91,92)93/h3-31H,2H2,1H3/b13-12-,34-3+. The Morgan fingerprint density at radius 1 is 0.340 bits per heavy atom. The van der Waals surface area contributed by atoms with Crippen LogP contribution in [0.3, 0.4) is 0 Å². The summed E-state index contributed by atoms with van der Waals surface area (Å²) >= 11 is 0. The molecule has 0 saturated carbocycles. The van der Waals surface area contributed by atoms with Crippen LogP contribution in [0.1, 0.15) is 62.6 Å². The van der Waals surface area contributed by atoms with Crippen molar-refractivity contribution in [1.29, 1.82) is 5.26 Å². The van der Waals surface area contributed by atoms with Crippen molar-refractivity contribution in [3.8, 4) is 62.0 Å². The number of nitriles is 1. The first-order valence-corrected chi connectivity index (χ1v) is 27.7. The van der Waals surface area contributed by atoms with Crippen molar-refractivity contribution in [3.63, 3.8) is 0 Å². The van der Waals surface area contributed by atoms with Crippen LogP contribution in [-0.2, 0) is 49.4 Å². The second kappa shape index (κ2) is 23.4. The lowest BCUT2D eigenvalue weighted by molar-refractivity contribution is -0.144. The highest BCUT2D eigenvalue weighted by molar-refractivity contribution is 6.14. The van der Waals surface area contributed by atoms with E-state index in [0.717, 1.165) is 54.7 Å². The highest BCUT2D eigenvalue weighted by Crippen LogP contribution is 2.49. The summed E-state index contributed by atoms with van der Waals surface area (Å²) in [6, 6.07) is 20.3. The Bertz CT molecular complexity index is 4450. The molecule has 11 aromatic rings. The monoisotopic (exact) mass is 1370 g/mol. The molecule has 0 aliphatic heterocycles. The Morgan fingerprint density at radius 3 is 0.753 bits per heavy atom. The molecule has 28 heteroatoms. The van der Waals surface area contributed by atoms with Crippen LogP contribution in [0.15, 0.2) is 181 Å². The van der Waals surface area contributed by atoms with Crippen molar-refractivity contribution in [2.24, 2.45) is 4.99 Å². The van der Waals surface area contributed by atoms with E-state index in [2.05, 4.69) is 11.7 Å². The lowest BCUT2D eigenvalue weighted by atomic mass is 9.96. The van der Waals surface area contributed by atoms with Crippen molar-refractivity contribution in [2.75, 3.05) is 0 Å². The predicted octanol–water partition coefficient (Wildman–Crippen LogP) is 24.2. The first-order valence-electron chi connectivity index (χ1n) is 27.7. The molecule has 2 aromatic heterocycles. The molecule has 0 amide bonds. The molecule has 97 heavy (non-hydrogen) atoms. The van der Waals surface area contributed by atoms with Gasteiger partial charge in [-0.15, -0.1) is 0 Å². The van der Waals surface area contributed by atoms with Crippen LogP contribution in [0.25, 0.3) is 105 Å². The Morgan fingerprint density at radius 2 is 0.567 bits per heavy atom. The highest BCUT2D eigenvalue weighted by atomic mass is 19.4. The lowest BCUT2D eigenvalue weighted by Gasteiger charge is -2.21. The number of benzene rings is 9. The summed E-state index contributed by atoms with van der Waals surface area (Å²) in [6.45, 7) is 4.93. The molecule has 9 aromatic carbocycles. The average Bonchev–Trinajstić information content (AvgIpc) is 1.58. The van der Waals surface area contributed by atoms with E-state index in [0.29, 0.717) is 48.5 Å². The summed E-state index contributed by atoms with van der Waals surface area (Å²) in [5.41, 5.74) is -19.1. The van der Waals surface area contributed by atoms with Gasteiger partial charge in [-0.25, -0.2) is 0 Å². The molecule has 4 nitrogen and oxygen atoms in total. The van der Waals surface area contributed by atoms with Gasteiger partial charge in [-0.2, -0.15) is 111 Å². The number of nitrogens with zero attached hydrogens (tertiary/aromatic N) is 4. The molecular formula is C69H34F24N4. The van der Waals surface area contributed by atoms with Crippen LogP contribution in [0.4, 0.5) is 105 Å². The topological polar surface area (TPSA) is 46.0 Å². The smallest absolute Gasteiger partial charge is 0.308 e. The van der Waals surface area contributed by atoms with Crippen LogP contribution < -0.4 is 0 Å². The van der Waals surface area contributed by atoms with Gasteiger partial charge >= 0.3 is 49.4 Å². The Labute approximate surface area is 529 Å². The number of hydrogen-bond donors (Lipinski definition) is 0. The molecular weight excluding hydrogens is 1340 g/mol. The average molecular weight is 1380 g/mol. The molecule has 0 radical (unpaired) electrons. The summed E-state index contributed by atoms with van der Waals surface area (Å²) in [4.78, 5) is 3.79. The van der Waals surface area contributed by atoms with Gasteiger partial charge in [-0.3, -0.25) is 4.99 Å². The molecule has 0 N–H and O–H groups in total. The zero-order chi connectivity index (χ0) is 70.8. The van der Waals surface area contributed by atoms with Gasteiger partial charge in [0.1, 0.15) is 0 Å². The van der Waals surface area contributed by atoms with Crippen molar-refractivity contribution in [2.45, 2.75) is 56.3 Å². The lowest BCUT2D eigenvalue weighted by Crippen LogP contribution is -2.11. The van der Waals surface area contributed by atoms with Crippen LogP contribution >= 0.6 is 0 Å². The fraction of sp³-hybridized carbons (Fsp3) is 0.130. The number of hydrogen-bond acceptors (Lipinski definition) is 2. The zero-order valence-corrected chi connectivity index (χ0v) is 48.3. The van der Waals surface area contributed by atoms with E-state index < -0.39 is 116 Å². The minimum Gasteiger partial charge on any atom is -0.308 e. The SMILES string of the molecule is C=N/C=C\C(=C/C)c1c(-n2c3ccc(-c4cc(C(F)(F)F)cc(C(F)(F)F)c4)cc3c3cc(-c4cc(C(F)(F)F)cc(C(F)(F)F)c4)ccc32)cc(C#N)cc1-n1c2ccc(-c3cc(C(F)(F)F)cc(C(F)(F)F)c3)cc2c2cc(-c3cc(C(F)(F)F)cc(C(F)(F)F)c3)ccc21. The summed E-state index contributed by atoms with van der Waals surface area (Å²) in [7, 11) is 0. The number of aromatic nitrogens is 2. The van der Waals surface area contributed by atoms with Gasteiger partial charge in [0.15, 0.2) is 0 Å². The van der Waals surface area contributed by atoms with Gasteiger partial charge in [0.2, 0.25) is 0 Å². The second-order valence-electron chi connectivity index (χ2n) is 22.0. The Balaban J connectivity index is 1.28. The minimum absolute atomic E-state index is 0.0407. The van der Waals surface area contributed by atoms with Crippen LogP contribution in [-0.4, -0.2) is 15.9 Å². The van der Waals surface area contributed by atoms with Gasteiger partial charge in [0, 0.05) is 33.3 Å². The first kappa shape index (κ1) is 67.9. The van der Waals surface area contributed by atoms with E-state index >= 15 is 0 Å². The van der Waals surface area contributed by atoms with E-state index in [1.54, 1.807) is 0 Å². The molecule has 0 unspecified atom stereocenters. The Hall–Kier alpha value is -10.5. The summed E-state index contributed by atoms with van der Waals surface area (Å²) in [5.74, 6) is 0.